The summed E-state index contributed by atoms with van der Waals surface area (Å²) in [7, 11) is 1.24. The SMILES string of the molecule is COC(=O)CNC(=O)Nc1cc(NC(=O)c2ccc(F)cc2)ccc1N1CCCC1. The molecule has 2 aromatic rings. The Hall–Kier alpha value is -3.62. The summed E-state index contributed by atoms with van der Waals surface area (Å²) < 4.78 is 17.6. The minimum atomic E-state index is -0.567. The first-order chi connectivity index (χ1) is 14.5. The summed E-state index contributed by atoms with van der Waals surface area (Å²) in [6, 6.07) is 9.85. The van der Waals surface area contributed by atoms with E-state index in [1.165, 1.54) is 31.4 Å². The molecule has 0 unspecified atom stereocenters. The fourth-order valence-corrected chi connectivity index (χ4v) is 3.14. The van der Waals surface area contributed by atoms with Gasteiger partial charge in [-0.1, -0.05) is 0 Å². The van der Waals surface area contributed by atoms with Gasteiger partial charge in [-0.25, -0.2) is 9.18 Å². The van der Waals surface area contributed by atoms with Crippen molar-refractivity contribution < 1.29 is 23.5 Å². The van der Waals surface area contributed by atoms with Crippen molar-refractivity contribution in [3.63, 3.8) is 0 Å². The lowest BCUT2D eigenvalue weighted by molar-refractivity contribution is -0.139. The zero-order chi connectivity index (χ0) is 21.5. The smallest absolute Gasteiger partial charge is 0.325 e. The van der Waals surface area contributed by atoms with Crippen LogP contribution in [0.4, 0.5) is 26.2 Å². The van der Waals surface area contributed by atoms with Crippen LogP contribution in [0.15, 0.2) is 42.5 Å². The quantitative estimate of drug-likeness (QED) is 0.631. The van der Waals surface area contributed by atoms with E-state index >= 15 is 0 Å². The third-order valence-corrected chi connectivity index (χ3v) is 4.68. The van der Waals surface area contributed by atoms with Crippen molar-refractivity contribution in [1.29, 1.82) is 0 Å². The van der Waals surface area contributed by atoms with E-state index in [4.69, 9.17) is 0 Å². The van der Waals surface area contributed by atoms with Gasteiger partial charge in [0.25, 0.3) is 5.91 Å². The van der Waals surface area contributed by atoms with Crippen LogP contribution in [-0.2, 0) is 9.53 Å². The Kier molecular flexibility index (Phi) is 6.84. The number of nitrogens with zero attached hydrogens (tertiary/aromatic N) is 1. The number of methoxy groups -OCH3 is 1. The number of benzene rings is 2. The third kappa shape index (κ3) is 5.47. The van der Waals surface area contributed by atoms with E-state index in [1.54, 1.807) is 12.1 Å². The summed E-state index contributed by atoms with van der Waals surface area (Å²) in [6.45, 7) is 1.46. The summed E-state index contributed by atoms with van der Waals surface area (Å²) >= 11 is 0. The van der Waals surface area contributed by atoms with Gasteiger partial charge in [0.05, 0.1) is 18.5 Å². The molecule has 0 aliphatic carbocycles. The molecular weight excluding hydrogens is 391 g/mol. The maximum atomic E-state index is 13.1. The van der Waals surface area contributed by atoms with Crippen LogP contribution in [0.25, 0.3) is 0 Å². The second kappa shape index (κ2) is 9.73. The number of hydrogen-bond donors (Lipinski definition) is 3. The molecule has 1 aliphatic heterocycles. The number of ether oxygens (including phenoxy) is 1. The summed E-state index contributed by atoms with van der Waals surface area (Å²) in [4.78, 5) is 38.0. The second-order valence-electron chi connectivity index (χ2n) is 6.77. The molecule has 3 rings (SSSR count). The monoisotopic (exact) mass is 414 g/mol. The molecule has 2 aromatic carbocycles. The van der Waals surface area contributed by atoms with Gasteiger partial charge in [0.15, 0.2) is 0 Å². The molecular formula is C21H23FN4O4. The van der Waals surface area contributed by atoms with E-state index in [9.17, 15) is 18.8 Å². The van der Waals surface area contributed by atoms with Crippen molar-refractivity contribution in [1.82, 2.24) is 5.32 Å². The van der Waals surface area contributed by atoms with Crippen LogP contribution in [0, 0.1) is 5.82 Å². The van der Waals surface area contributed by atoms with Crippen molar-refractivity contribution in [2.75, 3.05) is 42.3 Å². The lowest BCUT2D eigenvalue weighted by atomic mass is 10.2. The van der Waals surface area contributed by atoms with Gasteiger partial charge in [-0.05, 0) is 55.3 Å². The number of halogens is 1. The van der Waals surface area contributed by atoms with Crippen LogP contribution in [0.2, 0.25) is 0 Å². The molecule has 8 nitrogen and oxygen atoms in total. The van der Waals surface area contributed by atoms with E-state index < -0.39 is 23.7 Å². The van der Waals surface area contributed by atoms with E-state index in [0.29, 0.717) is 16.9 Å². The lowest BCUT2D eigenvalue weighted by Gasteiger charge is -2.22. The summed E-state index contributed by atoms with van der Waals surface area (Å²) in [5.41, 5.74) is 2.09. The van der Waals surface area contributed by atoms with Crippen molar-refractivity contribution in [2.45, 2.75) is 12.8 Å². The van der Waals surface area contributed by atoms with Gasteiger partial charge in [0, 0.05) is 24.3 Å². The Morgan fingerprint density at radius 3 is 2.40 bits per heavy atom. The first-order valence-electron chi connectivity index (χ1n) is 9.54. The molecule has 0 aromatic heterocycles. The molecule has 1 heterocycles. The second-order valence-corrected chi connectivity index (χ2v) is 6.77. The summed E-state index contributed by atoms with van der Waals surface area (Å²) in [5, 5.41) is 7.90. The molecule has 0 radical (unpaired) electrons. The normalized spacial score (nSPS) is 12.9. The van der Waals surface area contributed by atoms with Crippen molar-refractivity contribution in [3.05, 3.63) is 53.8 Å². The highest BCUT2D eigenvalue weighted by molar-refractivity contribution is 6.05. The topological polar surface area (TPSA) is 99.8 Å². The number of urea groups is 1. The van der Waals surface area contributed by atoms with Gasteiger partial charge < -0.3 is 25.6 Å². The van der Waals surface area contributed by atoms with Crippen molar-refractivity contribution >= 4 is 35.0 Å². The molecule has 30 heavy (non-hydrogen) atoms. The van der Waals surface area contributed by atoms with E-state index in [1.807, 2.05) is 6.07 Å². The molecule has 3 amide bonds. The first kappa shape index (κ1) is 21.1. The van der Waals surface area contributed by atoms with E-state index in [-0.39, 0.29) is 6.54 Å². The fourth-order valence-electron chi connectivity index (χ4n) is 3.14. The summed E-state index contributed by atoms with van der Waals surface area (Å²) in [5.74, 6) is -1.39. The Morgan fingerprint density at radius 2 is 1.73 bits per heavy atom. The molecule has 158 valence electrons. The zero-order valence-corrected chi connectivity index (χ0v) is 16.5. The number of amides is 3. The van der Waals surface area contributed by atoms with Crippen LogP contribution >= 0.6 is 0 Å². The number of anilines is 3. The third-order valence-electron chi connectivity index (χ3n) is 4.68. The number of hydrogen-bond acceptors (Lipinski definition) is 5. The molecule has 1 fully saturated rings. The molecule has 0 atom stereocenters. The zero-order valence-electron chi connectivity index (χ0n) is 16.5. The molecule has 0 spiro atoms. The summed E-state index contributed by atoms with van der Waals surface area (Å²) in [6.07, 6.45) is 2.11. The Balaban J connectivity index is 1.77. The van der Waals surface area contributed by atoms with Crippen molar-refractivity contribution in [3.8, 4) is 0 Å². The Labute approximate surface area is 173 Å². The maximum absolute atomic E-state index is 13.1. The van der Waals surface area contributed by atoms with Crippen molar-refractivity contribution in [2.24, 2.45) is 0 Å². The molecule has 1 saturated heterocycles. The van der Waals surface area contributed by atoms with Crippen LogP contribution in [0.1, 0.15) is 23.2 Å². The Bertz CT molecular complexity index is 927. The number of esters is 1. The number of carbonyl (C=O) groups is 3. The van der Waals surface area contributed by atoms with Crippen LogP contribution in [0.5, 0.6) is 0 Å². The highest BCUT2D eigenvalue weighted by Crippen LogP contribution is 2.32. The number of carbonyl (C=O) groups excluding carboxylic acids is 3. The van der Waals surface area contributed by atoms with Gasteiger partial charge >= 0.3 is 12.0 Å². The maximum Gasteiger partial charge on any atom is 0.325 e. The first-order valence-corrected chi connectivity index (χ1v) is 9.54. The highest BCUT2D eigenvalue weighted by Gasteiger charge is 2.18. The van der Waals surface area contributed by atoms with E-state index in [2.05, 4.69) is 25.6 Å². The highest BCUT2D eigenvalue weighted by atomic mass is 19.1. The Morgan fingerprint density at radius 1 is 1.03 bits per heavy atom. The average molecular weight is 414 g/mol. The molecule has 1 aliphatic rings. The molecule has 3 N–H and O–H groups in total. The van der Waals surface area contributed by atoms with Gasteiger partial charge in [0.2, 0.25) is 0 Å². The molecule has 0 saturated carbocycles. The van der Waals surface area contributed by atoms with Gasteiger partial charge in [-0.3, -0.25) is 9.59 Å². The fraction of sp³-hybridized carbons (Fsp3) is 0.286. The largest absolute Gasteiger partial charge is 0.468 e. The minimum absolute atomic E-state index is 0.262. The van der Waals surface area contributed by atoms with Crippen LogP contribution < -0.4 is 20.9 Å². The molecule has 9 heteroatoms. The van der Waals surface area contributed by atoms with Gasteiger partial charge in [-0.15, -0.1) is 0 Å². The predicted molar refractivity (Wildman–Crippen MR) is 111 cm³/mol. The van der Waals surface area contributed by atoms with Gasteiger partial charge in [0.1, 0.15) is 12.4 Å². The minimum Gasteiger partial charge on any atom is -0.468 e. The standard InChI is InChI=1S/C21H23FN4O4/c1-30-19(27)13-23-21(29)25-17-12-16(8-9-18(17)26-10-2-3-11-26)24-20(28)14-4-6-15(22)7-5-14/h4-9,12H,2-3,10-11,13H2,1H3,(H,24,28)(H2,23,25,29). The number of nitrogens with one attached hydrogen (secondary N) is 3. The predicted octanol–water partition coefficient (Wildman–Crippen LogP) is 2.97. The molecule has 0 bridgehead atoms. The van der Waals surface area contributed by atoms with Gasteiger partial charge in [-0.2, -0.15) is 0 Å². The average Bonchev–Trinajstić information content (AvgIpc) is 3.27. The van der Waals surface area contributed by atoms with Crippen LogP contribution in [0.3, 0.4) is 0 Å². The van der Waals surface area contributed by atoms with E-state index in [0.717, 1.165) is 31.6 Å². The number of rotatable bonds is 6. The lowest BCUT2D eigenvalue weighted by Crippen LogP contribution is -2.34. The van der Waals surface area contributed by atoms with Crippen LogP contribution in [-0.4, -0.2) is 44.7 Å².